The number of aromatic hydroxyl groups is 2. The molecule has 4 aromatic carbocycles. The second-order valence-corrected chi connectivity index (χ2v) is 7.42. The maximum absolute atomic E-state index is 12.5. The highest BCUT2D eigenvalue weighted by atomic mass is 16.5. The molecule has 0 saturated carbocycles. The van der Waals surface area contributed by atoms with Crippen molar-refractivity contribution in [3.63, 3.8) is 0 Å². The van der Waals surface area contributed by atoms with Crippen molar-refractivity contribution in [2.24, 2.45) is 0 Å². The predicted molar refractivity (Wildman–Crippen MR) is 130 cm³/mol. The summed E-state index contributed by atoms with van der Waals surface area (Å²) in [6, 6.07) is 26.0. The van der Waals surface area contributed by atoms with Crippen LogP contribution < -0.4 is 9.47 Å². The second-order valence-electron chi connectivity index (χ2n) is 7.42. The van der Waals surface area contributed by atoms with Crippen molar-refractivity contribution in [2.45, 2.75) is 0 Å². The van der Waals surface area contributed by atoms with E-state index in [1.54, 1.807) is 60.7 Å². The van der Waals surface area contributed by atoms with E-state index in [0.717, 1.165) is 0 Å². The summed E-state index contributed by atoms with van der Waals surface area (Å²) in [6.07, 6.45) is 2.46. The standard InChI is InChI=1S/C29H20O6/c30-26-18-22(12-14-24(26)28(32)20-8-3-1-4-9-20)34-16-7-17-35-23-13-15-25(27(31)19-23)29(33)21-10-5-2-6-11-21/h1-6,8-15,18-19,30-31H,16H2. The molecule has 0 atom stereocenters. The van der Waals surface area contributed by atoms with Gasteiger partial charge in [-0.25, -0.2) is 0 Å². The van der Waals surface area contributed by atoms with Crippen molar-refractivity contribution < 1.29 is 29.3 Å². The van der Waals surface area contributed by atoms with Gasteiger partial charge in [0, 0.05) is 23.3 Å². The molecule has 4 aromatic rings. The summed E-state index contributed by atoms with van der Waals surface area (Å²) in [5, 5.41) is 20.4. The molecule has 0 bridgehead atoms. The van der Waals surface area contributed by atoms with Gasteiger partial charge in [0.1, 0.15) is 29.1 Å². The van der Waals surface area contributed by atoms with Crippen LogP contribution in [0.5, 0.6) is 23.0 Å². The first-order valence-corrected chi connectivity index (χ1v) is 10.7. The summed E-state index contributed by atoms with van der Waals surface area (Å²) < 4.78 is 10.8. The van der Waals surface area contributed by atoms with Crippen LogP contribution in [0.15, 0.2) is 97.1 Å². The van der Waals surface area contributed by atoms with E-state index in [4.69, 9.17) is 9.47 Å². The minimum Gasteiger partial charge on any atom is -0.507 e. The zero-order chi connectivity index (χ0) is 24.6. The third kappa shape index (κ3) is 5.67. The van der Waals surface area contributed by atoms with Crippen molar-refractivity contribution in [3.05, 3.63) is 119 Å². The molecule has 35 heavy (non-hydrogen) atoms. The molecule has 0 radical (unpaired) electrons. The summed E-state index contributed by atoms with van der Waals surface area (Å²) >= 11 is 0. The third-order valence-electron chi connectivity index (χ3n) is 5.05. The van der Waals surface area contributed by atoms with Crippen LogP contribution in [0.1, 0.15) is 31.8 Å². The van der Waals surface area contributed by atoms with Crippen LogP contribution >= 0.6 is 0 Å². The fourth-order valence-electron chi connectivity index (χ4n) is 3.29. The van der Waals surface area contributed by atoms with E-state index in [1.807, 2.05) is 6.07 Å². The van der Waals surface area contributed by atoms with Crippen LogP contribution in [-0.4, -0.2) is 28.4 Å². The van der Waals surface area contributed by atoms with Gasteiger partial charge in [0.15, 0.2) is 18.2 Å². The Morgan fingerprint density at radius 2 is 1.14 bits per heavy atom. The van der Waals surface area contributed by atoms with Gasteiger partial charge >= 0.3 is 0 Å². The van der Waals surface area contributed by atoms with Crippen LogP contribution in [0.4, 0.5) is 0 Å². The second kappa shape index (κ2) is 10.7. The maximum Gasteiger partial charge on any atom is 0.196 e. The topological polar surface area (TPSA) is 93.1 Å². The Labute approximate surface area is 202 Å². The molecule has 0 saturated heterocycles. The normalized spacial score (nSPS) is 10.1. The minimum absolute atomic E-state index is 0.0397. The molecule has 4 rings (SSSR count). The summed E-state index contributed by atoms with van der Waals surface area (Å²) in [5.74, 6) is 2.26. The monoisotopic (exact) mass is 464 g/mol. The average Bonchev–Trinajstić information content (AvgIpc) is 2.89. The van der Waals surface area contributed by atoms with E-state index >= 15 is 0 Å². The largest absolute Gasteiger partial charge is 0.507 e. The van der Waals surface area contributed by atoms with Crippen molar-refractivity contribution in [1.29, 1.82) is 0 Å². The molecule has 0 spiro atoms. The van der Waals surface area contributed by atoms with Crippen LogP contribution in [0.25, 0.3) is 0 Å². The third-order valence-corrected chi connectivity index (χ3v) is 5.05. The Kier molecular flexibility index (Phi) is 7.10. The van der Waals surface area contributed by atoms with Gasteiger partial charge in [-0.3, -0.25) is 9.59 Å². The SMILES string of the molecule is O=C(c1ccccc1)c1ccc(OC#CCOc2ccc(C(=O)c3ccccc3)c(O)c2)cc1O. The molecule has 0 aliphatic carbocycles. The number of phenols is 2. The number of rotatable bonds is 7. The first-order chi connectivity index (χ1) is 17.0. The van der Waals surface area contributed by atoms with Crippen molar-refractivity contribution in [1.82, 2.24) is 0 Å². The number of ether oxygens (including phenoxy) is 2. The van der Waals surface area contributed by atoms with Gasteiger partial charge < -0.3 is 19.7 Å². The van der Waals surface area contributed by atoms with Gasteiger partial charge in [0.25, 0.3) is 0 Å². The smallest absolute Gasteiger partial charge is 0.196 e. The number of hydrogen-bond acceptors (Lipinski definition) is 6. The van der Waals surface area contributed by atoms with Gasteiger partial charge in [-0.1, -0.05) is 60.7 Å². The number of carbonyl (C=O) groups excluding carboxylic acids is 2. The molecule has 0 aliphatic heterocycles. The van der Waals surface area contributed by atoms with E-state index in [9.17, 15) is 19.8 Å². The van der Waals surface area contributed by atoms with Crippen molar-refractivity contribution >= 4 is 11.6 Å². The minimum atomic E-state index is -0.297. The number of hydrogen-bond donors (Lipinski definition) is 2. The lowest BCUT2D eigenvalue weighted by atomic mass is 10.0. The lowest BCUT2D eigenvalue weighted by Gasteiger charge is -2.07. The number of ketones is 2. The zero-order valence-electron chi connectivity index (χ0n) is 18.5. The van der Waals surface area contributed by atoms with Crippen LogP contribution in [0.3, 0.4) is 0 Å². The number of phenolic OH excluding ortho intramolecular Hbond substituents is 2. The summed E-state index contributed by atoms with van der Waals surface area (Å²) in [4.78, 5) is 25.0. The van der Waals surface area contributed by atoms with Gasteiger partial charge in [-0.2, -0.15) is 0 Å². The Morgan fingerprint density at radius 3 is 1.66 bits per heavy atom. The molecule has 0 fully saturated rings. The summed E-state index contributed by atoms with van der Waals surface area (Å²) in [5.41, 5.74) is 1.28. The Hall–Kier alpha value is -5.02. The van der Waals surface area contributed by atoms with Crippen LogP contribution in [0, 0.1) is 12.0 Å². The van der Waals surface area contributed by atoms with Crippen LogP contribution in [0.2, 0.25) is 0 Å². The van der Waals surface area contributed by atoms with Crippen molar-refractivity contribution in [3.8, 4) is 35.0 Å². The Bertz CT molecular complexity index is 1420. The highest BCUT2D eigenvalue weighted by Crippen LogP contribution is 2.27. The molecule has 0 aliphatic rings. The Morgan fingerprint density at radius 1 is 0.657 bits per heavy atom. The fourth-order valence-corrected chi connectivity index (χ4v) is 3.29. The lowest BCUT2D eigenvalue weighted by Crippen LogP contribution is -2.02. The first-order valence-electron chi connectivity index (χ1n) is 10.7. The van der Waals surface area contributed by atoms with Gasteiger partial charge in [0.05, 0.1) is 11.1 Å². The number of carbonyl (C=O) groups is 2. The van der Waals surface area contributed by atoms with Gasteiger partial charge in [-0.05, 0) is 30.2 Å². The predicted octanol–water partition coefficient (Wildman–Crippen LogP) is 4.98. The van der Waals surface area contributed by atoms with Gasteiger partial charge in [-0.15, -0.1) is 0 Å². The molecule has 6 heteroatoms. The molecule has 2 N–H and O–H groups in total. The molecular weight excluding hydrogens is 444 g/mol. The summed E-state index contributed by atoms with van der Waals surface area (Å²) in [7, 11) is 0. The highest BCUT2D eigenvalue weighted by Gasteiger charge is 2.15. The lowest BCUT2D eigenvalue weighted by molar-refractivity contribution is 0.102. The van der Waals surface area contributed by atoms with Crippen molar-refractivity contribution in [2.75, 3.05) is 6.61 Å². The van der Waals surface area contributed by atoms with Crippen LogP contribution in [-0.2, 0) is 0 Å². The number of benzene rings is 4. The molecule has 0 aromatic heterocycles. The fraction of sp³-hybridized carbons (Fsp3) is 0.0345. The average molecular weight is 464 g/mol. The molecule has 0 amide bonds. The van der Waals surface area contributed by atoms with E-state index in [1.165, 1.54) is 30.3 Å². The molecule has 6 nitrogen and oxygen atoms in total. The van der Waals surface area contributed by atoms with E-state index in [-0.39, 0.29) is 46.5 Å². The molecule has 0 heterocycles. The molecular formula is C29H20O6. The molecule has 0 unspecified atom stereocenters. The maximum atomic E-state index is 12.5. The van der Waals surface area contributed by atoms with E-state index in [0.29, 0.717) is 16.9 Å². The quantitative estimate of drug-likeness (QED) is 0.296. The Balaban J connectivity index is 1.33. The zero-order valence-corrected chi connectivity index (χ0v) is 18.5. The molecule has 172 valence electrons. The van der Waals surface area contributed by atoms with Gasteiger partial charge in [0.2, 0.25) is 0 Å². The first kappa shape index (κ1) is 23.1. The van der Waals surface area contributed by atoms with E-state index < -0.39 is 0 Å². The summed E-state index contributed by atoms with van der Waals surface area (Å²) in [6.45, 7) is -0.0397. The van der Waals surface area contributed by atoms with E-state index in [2.05, 4.69) is 12.0 Å². The highest BCUT2D eigenvalue weighted by molar-refractivity contribution is 6.11.